The first-order valence-corrected chi connectivity index (χ1v) is 6.81. The lowest BCUT2D eigenvalue weighted by Crippen LogP contribution is -2.37. The van der Waals surface area contributed by atoms with Crippen LogP contribution >= 0.6 is 0 Å². The quantitative estimate of drug-likeness (QED) is 0.583. The van der Waals surface area contributed by atoms with Crippen LogP contribution in [0.15, 0.2) is 0 Å². The molecule has 8 heteroatoms. The van der Waals surface area contributed by atoms with Gasteiger partial charge in [-0.25, -0.2) is 0 Å². The Hall–Kier alpha value is -1.80. The molecule has 1 aromatic heterocycles. The first-order chi connectivity index (χ1) is 9.90. The molecular weight excluding hydrogens is 260 g/mol. The predicted octanol–water partition coefficient (Wildman–Crippen LogP) is -2.59. The third-order valence-corrected chi connectivity index (χ3v) is 3.20. The predicted molar refractivity (Wildman–Crippen MR) is 70.6 cm³/mol. The smallest absolute Gasteiger partial charge is 0.212 e. The van der Waals surface area contributed by atoms with Crippen LogP contribution in [0.3, 0.4) is 0 Å². The van der Waals surface area contributed by atoms with E-state index >= 15 is 0 Å². The number of hydrogen-bond acceptors (Lipinski definition) is 8. The van der Waals surface area contributed by atoms with Crippen LogP contribution in [0, 0.1) is 0 Å². The fourth-order valence-corrected chi connectivity index (χ4v) is 2.09. The standard InChI is InChI=1S/C12H18N6O2/c1-5-19-6-2-17(1)9-11-13-15-12(16-14-11)10-18-3-7-20-8-4-18/h9-10H,1-8H2. The Bertz CT molecular complexity index is 467. The Morgan fingerprint density at radius 2 is 1.00 bits per heavy atom. The van der Waals surface area contributed by atoms with E-state index in [1.165, 1.54) is 0 Å². The van der Waals surface area contributed by atoms with Crippen molar-refractivity contribution in [3.8, 4) is 0 Å². The number of rotatable bonds is 2. The van der Waals surface area contributed by atoms with Crippen molar-refractivity contribution < 1.29 is 9.47 Å². The summed E-state index contributed by atoms with van der Waals surface area (Å²) in [5.41, 5.74) is 1.07. The van der Waals surface area contributed by atoms with Gasteiger partial charge in [0.1, 0.15) is 0 Å². The molecule has 0 spiro atoms. The van der Waals surface area contributed by atoms with E-state index in [1.54, 1.807) is 0 Å². The molecule has 2 aliphatic heterocycles. The van der Waals surface area contributed by atoms with Crippen molar-refractivity contribution in [2.24, 2.45) is 0 Å². The molecule has 0 aliphatic carbocycles. The lowest BCUT2D eigenvalue weighted by atomic mass is 10.4. The third kappa shape index (κ3) is 3.61. The monoisotopic (exact) mass is 278 g/mol. The van der Waals surface area contributed by atoms with E-state index in [-0.39, 0.29) is 0 Å². The van der Waals surface area contributed by atoms with Gasteiger partial charge in [0.2, 0.25) is 11.0 Å². The van der Waals surface area contributed by atoms with Gasteiger partial charge >= 0.3 is 0 Å². The van der Waals surface area contributed by atoms with Crippen LogP contribution < -0.4 is 11.0 Å². The lowest BCUT2D eigenvalue weighted by Gasteiger charge is -2.24. The topological polar surface area (TPSA) is 76.5 Å². The molecule has 3 rings (SSSR count). The molecule has 0 N–H and O–H groups in total. The summed E-state index contributed by atoms with van der Waals surface area (Å²) in [7, 11) is 0. The molecule has 2 saturated heterocycles. The molecule has 0 aromatic carbocycles. The minimum Gasteiger partial charge on any atom is -0.378 e. The Morgan fingerprint density at radius 1 is 0.650 bits per heavy atom. The molecule has 0 saturated carbocycles. The normalized spacial score (nSPS) is 19.8. The Kier molecular flexibility index (Phi) is 4.34. The molecule has 108 valence electrons. The van der Waals surface area contributed by atoms with E-state index < -0.39 is 0 Å². The summed E-state index contributed by atoms with van der Waals surface area (Å²) in [6.07, 6.45) is 3.75. The number of nitrogens with zero attached hydrogens (tertiary/aromatic N) is 6. The van der Waals surface area contributed by atoms with E-state index in [0.29, 0.717) is 11.0 Å². The molecule has 0 radical (unpaired) electrons. The fraction of sp³-hybridized carbons (Fsp3) is 0.667. The summed E-state index contributed by atoms with van der Waals surface area (Å²) in [5.74, 6) is 0. The number of aromatic nitrogens is 4. The number of ether oxygens (including phenoxy) is 2. The highest BCUT2D eigenvalue weighted by Crippen LogP contribution is 1.96. The third-order valence-electron chi connectivity index (χ3n) is 3.20. The summed E-state index contributed by atoms with van der Waals surface area (Å²) < 4.78 is 10.6. The molecule has 8 nitrogen and oxygen atoms in total. The van der Waals surface area contributed by atoms with Gasteiger partial charge in [-0.05, 0) is 0 Å². The molecule has 1 aromatic rings. The van der Waals surface area contributed by atoms with E-state index in [4.69, 9.17) is 9.47 Å². The van der Waals surface area contributed by atoms with Gasteiger partial charge in [0.25, 0.3) is 0 Å². The van der Waals surface area contributed by atoms with Gasteiger partial charge in [-0.15, -0.1) is 20.4 Å². The van der Waals surface area contributed by atoms with E-state index in [0.717, 1.165) is 52.6 Å². The van der Waals surface area contributed by atoms with Crippen molar-refractivity contribution in [3.63, 3.8) is 0 Å². The highest BCUT2D eigenvalue weighted by atomic mass is 16.5. The summed E-state index contributed by atoms with van der Waals surface area (Å²) in [6.45, 7) is 6.35. The maximum absolute atomic E-state index is 5.29. The minimum atomic E-state index is 0.533. The van der Waals surface area contributed by atoms with Crippen LogP contribution in [0.1, 0.15) is 0 Å². The fourth-order valence-electron chi connectivity index (χ4n) is 2.09. The van der Waals surface area contributed by atoms with Gasteiger partial charge in [0.15, 0.2) is 0 Å². The van der Waals surface area contributed by atoms with Gasteiger partial charge < -0.3 is 19.3 Å². The molecular formula is C12H18N6O2. The highest BCUT2D eigenvalue weighted by Gasteiger charge is 2.07. The molecule has 2 fully saturated rings. The minimum absolute atomic E-state index is 0.533. The van der Waals surface area contributed by atoms with Gasteiger partial charge in [0, 0.05) is 38.6 Å². The van der Waals surface area contributed by atoms with Crippen molar-refractivity contribution in [2.75, 3.05) is 52.6 Å². The Morgan fingerprint density at radius 3 is 1.35 bits per heavy atom. The summed E-state index contributed by atoms with van der Waals surface area (Å²) in [6, 6.07) is 0. The Balaban J connectivity index is 1.70. The molecule has 0 amide bonds. The average Bonchev–Trinajstić information content (AvgIpc) is 2.51. The maximum atomic E-state index is 5.29. The first-order valence-electron chi connectivity index (χ1n) is 6.81. The average molecular weight is 278 g/mol. The second-order valence-corrected chi connectivity index (χ2v) is 4.67. The molecule has 0 unspecified atom stereocenters. The van der Waals surface area contributed by atoms with E-state index in [2.05, 4.69) is 30.2 Å². The van der Waals surface area contributed by atoms with Crippen LogP contribution in [0.5, 0.6) is 0 Å². The van der Waals surface area contributed by atoms with Crippen molar-refractivity contribution in [3.05, 3.63) is 11.0 Å². The van der Waals surface area contributed by atoms with Crippen LogP contribution in [0.2, 0.25) is 0 Å². The zero-order valence-corrected chi connectivity index (χ0v) is 11.3. The van der Waals surface area contributed by atoms with E-state index in [1.807, 2.05) is 12.4 Å². The van der Waals surface area contributed by atoms with Gasteiger partial charge in [-0.2, -0.15) is 0 Å². The summed E-state index contributed by atoms with van der Waals surface area (Å²) in [4.78, 5) is 4.24. The molecule has 3 heterocycles. The second kappa shape index (κ2) is 6.58. The second-order valence-electron chi connectivity index (χ2n) is 4.67. The zero-order valence-electron chi connectivity index (χ0n) is 11.3. The maximum Gasteiger partial charge on any atom is 0.212 e. The van der Waals surface area contributed by atoms with Crippen molar-refractivity contribution in [1.29, 1.82) is 0 Å². The lowest BCUT2D eigenvalue weighted by molar-refractivity contribution is 0.0658. The number of morpholine rings is 2. The van der Waals surface area contributed by atoms with Crippen molar-refractivity contribution in [1.82, 2.24) is 30.2 Å². The van der Waals surface area contributed by atoms with Crippen molar-refractivity contribution in [2.45, 2.75) is 0 Å². The van der Waals surface area contributed by atoms with Crippen LogP contribution in [-0.2, 0) is 9.47 Å². The molecule has 0 atom stereocenters. The zero-order chi connectivity index (χ0) is 13.6. The SMILES string of the molecule is C(=c1nnc(=CN2CCOCC2)nn1)N1CCOCC1. The van der Waals surface area contributed by atoms with Crippen LogP contribution in [0.4, 0.5) is 0 Å². The number of hydrogen-bond donors (Lipinski definition) is 0. The largest absolute Gasteiger partial charge is 0.378 e. The molecule has 2 aliphatic rings. The van der Waals surface area contributed by atoms with Gasteiger partial charge in [-0.1, -0.05) is 0 Å². The molecule has 20 heavy (non-hydrogen) atoms. The summed E-state index contributed by atoms with van der Waals surface area (Å²) >= 11 is 0. The van der Waals surface area contributed by atoms with Gasteiger partial charge in [0.05, 0.1) is 26.4 Å². The molecule has 0 bridgehead atoms. The first kappa shape index (κ1) is 13.2. The van der Waals surface area contributed by atoms with Crippen LogP contribution in [-0.4, -0.2) is 82.8 Å². The van der Waals surface area contributed by atoms with Gasteiger partial charge in [-0.3, -0.25) is 0 Å². The van der Waals surface area contributed by atoms with E-state index in [9.17, 15) is 0 Å². The highest BCUT2D eigenvalue weighted by molar-refractivity contribution is 5.14. The summed E-state index contributed by atoms with van der Waals surface area (Å²) in [5, 5.41) is 16.3. The Labute approximate surface area is 116 Å². The van der Waals surface area contributed by atoms with Crippen molar-refractivity contribution >= 4 is 12.4 Å². The van der Waals surface area contributed by atoms with Crippen LogP contribution in [0.25, 0.3) is 12.4 Å².